The van der Waals surface area contributed by atoms with E-state index in [4.69, 9.17) is 4.74 Å². The number of hydrogen-bond donors (Lipinski definition) is 1. The Morgan fingerprint density at radius 1 is 1.59 bits per heavy atom. The summed E-state index contributed by atoms with van der Waals surface area (Å²) < 4.78 is 5.70. The molecular formula is C12H21N3O2. The van der Waals surface area contributed by atoms with Crippen LogP contribution in [0.5, 0.6) is 0 Å². The highest BCUT2D eigenvalue weighted by Crippen LogP contribution is 2.13. The number of nitrogens with zero attached hydrogens (tertiary/aromatic N) is 2. The average molecular weight is 239 g/mol. The van der Waals surface area contributed by atoms with Gasteiger partial charge >= 0.3 is 0 Å². The Hall–Kier alpha value is -0.940. The Bertz CT molecular complexity index is 328. The van der Waals surface area contributed by atoms with Crippen LogP contribution in [0, 0.1) is 0 Å². The summed E-state index contributed by atoms with van der Waals surface area (Å²) in [7, 11) is 0. The van der Waals surface area contributed by atoms with Gasteiger partial charge < -0.3 is 10.1 Å². The van der Waals surface area contributed by atoms with E-state index in [1.54, 1.807) is 0 Å². The van der Waals surface area contributed by atoms with Crippen molar-refractivity contribution in [3.8, 4) is 0 Å². The van der Waals surface area contributed by atoms with Crippen molar-refractivity contribution in [3.63, 3.8) is 0 Å². The van der Waals surface area contributed by atoms with Crippen LogP contribution in [0.1, 0.15) is 27.2 Å². The van der Waals surface area contributed by atoms with E-state index in [1.807, 2.05) is 6.92 Å². The van der Waals surface area contributed by atoms with E-state index in [0.29, 0.717) is 18.5 Å². The molecule has 2 atom stereocenters. The number of morpholine rings is 1. The Morgan fingerprint density at radius 3 is 2.94 bits per heavy atom. The van der Waals surface area contributed by atoms with Gasteiger partial charge in [-0.15, -0.1) is 0 Å². The van der Waals surface area contributed by atoms with E-state index in [0.717, 1.165) is 19.5 Å². The third-order valence-corrected chi connectivity index (χ3v) is 3.37. The van der Waals surface area contributed by atoms with Gasteiger partial charge in [0.15, 0.2) is 0 Å². The predicted octanol–water partition coefficient (Wildman–Crippen LogP) is 0.403. The average Bonchev–Trinajstić information content (AvgIpc) is 2.71. The fourth-order valence-electron chi connectivity index (χ4n) is 2.21. The molecule has 0 aliphatic carbocycles. The van der Waals surface area contributed by atoms with E-state index in [-0.39, 0.29) is 18.1 Å². The third-order valence-electron chi connectivity index (χ3n) is 3.37. The minimum absolute atomic E-state index is 0.00719. The van der Waals surface area contributed by atoms with Gasteiger partial charge in [0.25, 0.3) is 0 Å². The maximum absolute atomic E-state index is 11.6. The molecule has 0 aromatic rings. The maximum Gasteiger partial charge on any atom is 0.250 e. The number of amides is 1. The lowest BCUT2D eigenvalue weighted by Crippen LogP contribution is -2.51. The molecule has 5 nitrogen and oxygen atoms in total. The first kappa shape index (κ1) is 12.5. The third kappa shape index (κ3) is 2.66. The molecule has 0 aromatic carbocycles. The maximum atomic E-state index is 11.6. The Balaban J connectivity index is 2.01. The minimum atomic E-state index is -0.219. The molecule has 0 aromatic heterocycles. The highest BCUT2D eigenvalue weighted by molar-refractivity contribution is 6.07. The summed E-state index contributed by atoms with van der Waals surface area (Å²) in [6, 6.07) is 0.282. The predicted molar refractivity (Wildman–Crippen MR) is 66.1 cm³/mol. The first-order valence-corrected chi connectivity index (χ1v) is 6.36. The van der Waals surface area contributed by atoms with Gasteiger partial charge in [-0.2, -0.15) is 0 Å². The molecule has 5 heteroatoms. The van der Waals surface area contributed by atoms with Gasteiger partial charge in [-0.1, -0.05) is 6.92 Å². The summed E-state index contributed by atoms with van der Waals surface area (Å²) >= 11 is 0. The fourth-order valence-corrected chi connectivity index (χ4v) is 2.21. The Labute approximate surface area is 102 Å². The Morgan fingerprint density at radius 2 is 2.35 bits per heavy atom. The van der Waals surface area contributed by atoms with Crippen LogP contribution in [-0.2, 0) is 9.53 Å². The highest BCUT2D eigenvalue weighted by Gasteiger charge is 2.33. The van der Waals surface area contributed by atoms with Gasteiger partial charge in [0.1, 0.15) is 18.0 Å². The number of nitrogens with one attached hydrogen (secondary N) is 1. The number of ether oxygens (including phenoxy) is 1. The molecule has 0 bridgehead atoms. The van der Waals surface area contributed by atoms with Gasteiger partial charge in [-0.05, 0) is 20.3 Å². The van der Waals surface area contributed by atoms with Crippen LogP contribution >= 0.6 is 0 Å². The van der Waals surface area contributed by atoms with Gasteiger partial charge in [0, 0.05) is 19.1 Å². The molecule has 2 unspecified atom stereocenters. The second kappa shape index (κ2) is 5.14. The van der Waals surface area contributed by atoms with Crippen molar-refractivity contribution in [1.29, 1.82) is 0 Å². The molecule has 2 aliphatic heterocycles. The zero-order chi connectivity index (χ0) is 12.4. The highest BCUT2D eigenvalue weighted by atomic mass is 16.5. The van der Waals surface area contributed by atoms with Gasteiger partial charge in [-0.3, -0.25) is 14.7 Å². The van der Waals surface area contributed by atoms with Crippen molar-refractivity contribution in [3.05, 3.63) is 0 Å². The van der Waals surface area contributed by atoms with E-state index < -0.39 is 0 Å². The quantitative estimate of drug-likeness (QED) is 0.775. The second-order valence-electron chi connectivity index (χ2n) is 4.88. The number of carbonyl (C=O) groups excluding carboxylic acids is 1. The second-order valence-corrected chi connectivity index (χ2v) is 4.88. The van der Waals surface area contributed by atoms with Gasteiger partial charge in [0.2, 0.25) is 5.91 Å². The van der Waals surface area contributed by atoms with Crippen LogP contribution in [0.4, 0.5) is 0 Å². The van der Waals surface area contributed by atoms with Crippen molar-refractivity contribution < 1.29 is 9.53 Å². The molecular weight excluding hydrogens is 218 g/mol. The molecule has 17 heavy (non-hydrogen) atoms. The van der Waals surface area contributed by atoms with Gasteiger partial charge in [0.05, 0.1) is 6.61 Å². The van der Waals surface area contributed by atoms with Crippen LogP contribution in [0.2, 0.25) is 0 Å². The fraction of sp³-hybridized carbons (Fsp3) is 0.833. The van der Waals surface area contributed by atoms with E-state index in [2.05, 4.69) is 29.1 Å². The molecule has 1 fully saturated rings. The summed E-state index contributed by atoms with van der Waals surface area (Å²) in [5, 5.41) is 2.84. The molecule has 1 N–H and O–H groups in total. The van der Waals surface area contributed by atoms with Crippen molar-refractivity contribution in [2.75, 3.05) is 19.7 Å². The normalized spacial score (nSPS) is 30.6. The molecule has 1 saturated heterocycles. The van der Waals surface area contributed by atoms with Crippen molar-refractivity contribution in [1.82, 2.24) is 10.2 Å². The van der Waals surface area contributed by atoms with E-state index in [1.165, 1.54) is 0 Å². The van der Waals surface area contributed by atoms with Crippen molar-refractivity contribution in [2.24, 2.45) is 4.99 Å². The van der Waals surface area contributed by atoms with E-state index >= 15 is 0 Å². The number of amidine groups is 1. The summed E-state index contributed by atoms with van der Waals surface area (Å²) in [5.41, 5.74) is 0. The molecule has 0 saturated carbocycles. The lowest BCUT2D eigenvalue weighted by Gasteiger charge is -2.35. The van der Waals surface area contributed by atoms with Crippen molar-refractivity contribution >= 4 is 11.7 Å². The lowest BCUT2D eigenvalue weighted by atomic mass is 10.2. The van der Waals surface area contributed by atoms with Crippen LogP contribution in [0.25, 0.3) is 0 Å². The minimum Gasteiger partial charge on any atom is -0.368 e. The SMILES string of the molecule is CCC1N=C(C2CN(C(C)C)CCO2)NC1=O. The molecule has 2 heterocycles. The zero-order valence-electron chi connectivity index (χ0n) is 10.8. The summed E-state index contributed by atoms with van der Waals surface area (Å²) in [4.78, 5) is 18.3. The van der Waals surface area contributed by atoms with Crippen LogP contribution < -0.4 is 5.32 Å². The molecule has 96 valence electrons. The molecule has 2 rings (SSSR count). The first-order chi connectivity index (χ1) is 8.11. The number of aliphatic imine (C=N–C) groups is 1. The lowest BCUT2D eigenvalue weighted by molar-refractivity contribution is -0.120. The van der Waals surface area contributed by atoms with Crippen LogP contribution in [0.15, 0.2) is 4.99 Å². The molecule has 1 amide bonds. The number of rotatable bonds is 3. The smallest absolute Gasteiger partial charge is 0.250 e. The van der Waals surface area contributed by atoms with Crippen LogP contribution in [0.3, 0.4) is 0 Å². The first-order valence-electron chi connectivity index (χ1n) is 6.36. The largest absolute Gasteiger partial charge is 0.368 e. The summed E-state index contributed by atoms with van der Waals surface area (Å²) in [6.07, 6.45) is 0.669. The molecule has 0 spiro atoms. The topological polar surface area (TPSA) is 53.9 Å². The summed E-state index contributed by atoms with van der Waals surface area (Å²) in [6.45, 7) is 8.78. The van der Waals surface area contributed by atoms with E-state index in [9.17, 15) is 4.79 Å². The van der Waals surface area contributed by atoms with Crippen LogP contribution in [-0.4, -0.2) is 54.5 Å². The number of hydrogen-bond acceptors (Lipinski definition) is 4. The monoisotopic (exact) mass is 239 g/mol. The number of carbonyl (C=O) groups is 1. The van der Waals surface area contributed by atoms with Gasteiger partial charge in [-0.25, -0.2) is 0 Å². The standard InChI is InChI=1S/C12H21N3O2/c1-4-9-12(16)14-11(13-9)10-7-15(8(2)3)5-6-17-10/h8-10H,4-7H2,1-3H3,(H,13,14,16). The summed E-state index contributed by atoms with van der Waals surface area (Å²) in [5.74, 6) is 0.722. The molecule has 2 aliphatic rings. The Kier molecular flexibility index (Phi) is 3.79. The van der Waals surface area contributed by atoms with Crippen molar-refractivity contribution in [2.45, 2.75) is 45.4 Å². The molecule has 0 radical (unpaired) electrons. The zero-order valence-corrected chi connectivity index (χ0v) is 10.8.